The Hall–Kier alpha value is -2.60. The monoisotopic (exact) mass is 594 g/mol. The molecule has 5 heteroatoms. The lowest BCUT2D eigenvalue weighted by atomic mass is 9.97. The van der Waals surface area contributed by atoms with Gasteiger partial charge in [-0.2, -0.15) is 0 Å². The molecule has 0 spiro atoms. The molecule has 4 rings (SSSR count). The summed E-state index contributed by atoms with van der Waals surface area (Å²) < 4.78 is 19.7. The number of hydrogen-bond donors (Lipinski definition) is 0. The zero-order valence-electron chi connectivity index (χ0n) is 20.2. The third-order valence-corrected chi connectivity index (χ3v) is 7.23. The molecule has 0 radical (unpaired) electrons. The van der Waals surface area contributed by atoms with E-state index < -0.39 is 0 Å². The highest BCUT2D eigenvalue weighted by atomic mass is 79.9. The van der Waals surface area contributed by atoms with E-state index in [1.165, 1.54) is 11.1 Å². The van der Waals surface area contributed by atoms with E-state index in [0.717, 1.165) is 42.7 Å². The number of ether oxygens (including phenoxy) is 3. The Morgan fingerprint density at radius 1 is 0.514 bits per heavy atom. The Morgan fingerprint density at radius 2 is 0.857 bits per heavy atom. The van der Waals surface area contributed by atoms with Gasteiger partial charge >= 0.3 is 0 Å². The molecule has 0 fully saturated rings. The minimum absolute atomic E-state index is 0.301. The molecule has 0 aliphatic carbocycles. The Morgan fingerprint density at radius 3 is 1.17 bits per heavy atom. The van der Waals surface area contributed by atoms with Crippen molar-refractivity contribution in [3.05, 3.63) is 127 Å². The standard InChI is InChI=1S/C30H28Br2O3/c1-19-5-9-21(10-6-19)29(23-13-15-27(33-3)25(31)17-23)35-30(22-11-7-20(2)8-12-22)24-14-16-28(34-4)26(32)18-24/h5-18,29-30H,1-4H3. The van der Waals surface area contributed by atoms with Crippen molar-refractivity contribution >= 4 is 31.9 Å². The molecule has 4 aromatic rings. The number of halogens is 2. The quantitative estimate of drug-likeness (QED) is 0.204. The summed E-state index contributed by atoms with van der Waals surface area (Å²) in [5.74, 6) is 1.57. The first kappa shape index (κ1) is 25.5. The van der Waals surface area contributed by atoms with Gasteiger partial charge in [-0.15, -0.1) is 0 Å². The van der Waals surface area contributed by atoms with Gasteiger partial charge in [-0.1, -0.05) is 71.8 Å². The maximum absolute atomic E-state index is 7.01. The van der Waals surface area contributed by atoms with E-state index >= 15 is 0 Å². The van der Waals surface area contributed by atoms with Crippen LogP contribution in [0, 0.1) is 13.8 Å². The average Bonchev–Trinajstić information content (AvgIpc) is 2.86. The molecule has 2 atom stereocenters. The third kappa shape index (κ3) is 5.97. The van der Waals surface area contributed by atoms with Crippen molar-refractivity contribution in [1.82, 2.24) is 0 Å². The normalized spacial score (nSPS) is 12.7. The van der Waals surface area contributed by atoms with Crippen LogP contribution in [0.3, 0.4) is 0 Å². The smallest absolute Gasteiger partial charge is 0.133 e. The Labute approximate surface area is 224 Å². The fraction of sp³-hybridized carbons (Fsp3) is 0.200. The summed E-state index contributed by atoms with van der Waals surface area (Å²) in [5.41, 5.74) is 6.64. The second-order valence-electron chi connectivity index (χ2n) is 8.51. The fourth-order valence-corrected chi connectivity index (χ4v) is 5.13. The van der Waals surface area contributed by atoms with Crippen LogP contribution in [0.4, 0.5) is 0 Å². The predicted octanol–water partition coefficient (Wildman–Crippen LogP) is 8.74. The van der Waals surface area contributed by atoms with Gasteiger partial charge in [0, 0.05) is 0 Å². The van der Waals surface area contributed by atoms with Crippen molar-refractivity contribution < 1.29 is 14.2 Å². The molecule has 0 aliphatic rings. The van der Waals surface area contributed by atoms with Gasteiger partial charge in [0.1, 0.15) is 23.7 Å². The molecule has 2 unspecified atom stereocenters. The van der Waals surface area contributed by atoms with Crippen LogP contribution in [0.1, 0.15) is 45.6 Å². The topological polar surface area (TPSA) is 27.7 Å². The first-order valence-corrected chi connectivity index (χ1v) is 12.9. The zero-order valence-corrected chi connectivity index (χ0v) is 23.4. The van der Waals surface area contributed by atoms with Crippen LogP contribution in [0.15, 0.2) is 93.9 Å². The third-order valence-electron chi connectivity index (χ3n) is 5.99. The number of aryl methyl sites for hydroxylation is 2. The lowest BCUT2D eigenvalue weighted by Crippen LogP contribution is -2.14. The van der Waals surface area contributed by atoms with Gasteiger partial charge in [0.05, 0.1) is 23.2 Å². The summed E-state index contributed by atoms with van der Waals surface area (Å²) in [4.78, 5) is 0. The van der Waals surface area contributed by atoms with E-state index in [1.54, 1.807) is 14.2 Å². The van der Waals surface area contributed by atoms with Gasteiger partial charge in [-0.25, -0.2) is 0 Å². The minimum atomic E-state index is -0.301. The zero-order chi connectivity index (χ0) is 24.9. The van der Waals surface area contributed by atoms with Gasteiger partial charge in [-0.05, 0) is 92.2 Å². The Balaban J connectivity index is 1.83. The van der Waals surface area contributed by atoms with Gasteiger partial charge < -0.3 is 14.2 Å². The highest BCUT2D eigenvalue weighted by molar-refractivity contribution is 9.10. The van der Waals surface area contributed by atoms with Crippen LogP contribution < -0.4 is 9.47 Å². The summed E-state index contributed by atoms with van der Waals surface area (Å²) in [6.45, 7) is 4.18. The first-order valence-electron chi connectivity index (χ1n) is 11.3. The lowest BCUT2D eigenvalue weighted by Gasteiger charge is -2.27. The molecule has 0 aliphatic heterocycles. The van der Waals surface area contributed by atoms with Crippen LogP contribution >= 0.6 is 31.9 Å². The van der Waals surface area contributed by atoms with Crippen molar-refractivity contribution in [2.75, 3.05) is 14.2 Å². The number of methoxy groups -OCH3 is 2. The highest BCUT2D eigenvalue weighted by Crippen LogP contribution is 2.40. The van der Waals surface area contributed by atoms with Crippen LogP contribution in [-0.4, -0.2) is 14.2 Å². The number of hydrogen-bond acceptors (Lipinski definition) is 3. The van der Waals surface area contributed by atoms with E-state index in [1.807, 2.05) is 12.1 Å². The van der Waals surface area contributed by atoms with Crippen LogP contribution in [0.5, 0.6) is 11.5 Å². The van der Waals surface area contributed by atoms with E-state index in [0.29, 0.717) is 0 Å². The molecule has 0 bridgehead atoms. The molecule has 180 valence electrons. The van der Waals surface area contributed by atoms with Crippen molar-refractivity contribution in [3.8, 4) is 11.5 Å². The van der Waals surface area contributed by atoms with E-state index in [-0.39, 0.29) is 12.2 Å². The average molecular weight is 596 g/mol. The van der Waals surface area contributed by atoms with E-state index in [4.69, 9.17) is 14.2 Å². The molecule has 0 aromatic heterocycles. The summed E-state index contributed by atoms with van der Waals surface area (Å²) in [7, 11) is 3.34. The van der Waals surface area contributed by atoms with E-state index in [2.05, 4.69) is 119 Å². The molecule has 35 heavy (non-hydrogen) atoms. The molecule has 4 aromatic carbocycles. The Bertz CT molecular complexity index is 1180. The van der Waals surface area contributed by atoms with E-state index in [9.17, 15) is 0 Å². The second-order valence-corrected chi connectivity index (χ2v) is 10.2. The highest BCUT2D eigenvalue weighted by Gasteiger charge is 2.25. The van der Waals surface area contributed by atoms with Gasteiger partial charge in [0.2, 0.25) is 0 Å². The molecule has 0 saturated carbocycles. The van der Waals surface area contributed by atoms with Crippen molar-refractivity contribution in [2.24, 2.45) is 0 Å². The van der Waals surface area contributed by atoms with Crippen LogP contribution in [0.25, 0.3) is 0 Å². The van der Waals surface area contributed by atoms with Gasteiger partial charge in [0.15, 0.2) is 0 Å². The predicted molar refractivity (Wildman–Crippen MR) is 149 cm³/mol. The fourth-order valence-electron chi connectivity index (χ4n) is 4.01. The molecular weight excluding hydrogens is 568 g/mol. The van der Waals surface area contributed by atoms with Crippen LogP contribution in [0.2, 0.25) is 0 Å². The lowest BCUT2D eigenvalue weighted by molar-refractivity contribution is 0.0307. The SMILES string of the molecule is COc1ccc(C(OC(c2ccc(C)cc2)c2ccc(OC)c(Br)c2)c2ccc(C)cc2)cc1Br. The molecule has 0 amide bonds. The summed E-state index contributed by atoms with van der Waals surface area (Å²) in [5, 5.41) is 0. The minimum Gasteiger partial charge on any atom is -0.496 e. The van der Waals surface area contributed by atoms with Crippen LogP contribution in [-0.2, 0) is 4.74 Å². The van der Waals surface area contributed by atoms with Gasteiger partial charge in [0.25, 0.3) is 0 Å². The number of benzene rings is 4. The molecule has 0 N–H and O–H groups in total. The summed E-state index contributed by atoms with van der Waals surface area (Å²) in [6, 6.07) is 29.2. The number of rotatable bonds is 8. The first-order chi connectivity index (χ1) is 16.9. The largest absolute Gasteiger partial charge is 0.496 e. The second kappa shape index (κ2) is 11.4. The van der Waals surface area contributed by atoms with Gasteiger partial charge in [-0.3, -0.25) is 0 Å². The van der Waals surface area contributed by atoms with Crippen molar-refractivity contribution in [1.29, 1.82) is 0 Å². The van der Waals surface area contributed by atoms with Crippen molar-refractivity contribution in [3.63, 3.8) is 0 Å². The Kier molecular flexibility index (Phi) is 8.32. The van der Waals surface area contributed by atoms with Crippen molar-refractivity contribution in [2.45, 2.75) is 26.1 Å². The molecule has 0 saturated heterocycles. The molecule has 0 heterocycles. The summed E-state index contributed by atoms with van der Waals surface area (Å²) >= 11 is 7.30. The maximum Gasteiger partial charge on any atom is 0.133 e. The molecular formula is C30H28Br2O3. The molecule has 3 nitrogen and oxygen atoms in total. The summed E-state index contributed by atoms with van der Waals surface area (Å²) in [6.07, 6.45) is -0.602. The maximum atomic E-state index is 7.01.